The standard InChI is InChI=1S/C15H15IN2O/c16-13-5-7-14(8-6-13)18-15(19)9-11-3-1-2-4-12(11)10-17/h1-8H,9-10,17H2,(H,18,19). The van der Waals surface area contributed by atoms with E-state index in [4.69, 9.17) is 5.73 Å². The first-order chi connectivity index (χ1) is 9.19. The molecule has 1 amide bonds. The van der Waals surface area contributed by atoms with Crippen molar-refractivity contribution in [2.45, 2.75) is 13.0 Å². The molecule has 0 aliphatic rings. The Hall–Kier alpha value is -1.40. The molecule has 2 rings (SSSR count). The van der Waals surface area contributed by atoms with E-state index in [1.165, 1.54) is 0 Å². The van der Waals surface area contributed by atoms with Crippen molar-refractivity contribution in [1.82, 2.24) is 0 Å². The molecule has 0 radical (unpaired) electrons. The molecular formula is C15H15IN2O. The lowest BCUT2D eigenvalue weighted by Crippen LogP contribution is -2.16. The molecule has 0 saturated heterocycles. The summed E-state index contributed by atoms with van der Waals surface area (Å²) in [6, 6.07) is 15.5. The van der Waals surface area contributed by atoms with Gasteiger partial charge < -0.3 is 11.1 Å². The van der Waals surface area contributed by atoms with Crippen LogP contribution in [0.25, 0.3) is 0 Å². The summed E-state index contributed by atoms with van der Waals surface area (Å²) in [5.74, 6) is -0.0258. The molecule has 0 saturated carbocycles. The molecule has 2 aromatic carbocycles. The van der Waals surface area contributed by atoms with Crippen LogP contribution >= 0.6 is 22.6 Å². The van der Waals surface area contributed by atoms with Gasteiger partial charge in [-0.25, -0.2) is 0 Å². The van der Waals surface area contributed by atoms with Crippen LogP contribution in [0, 0.1) is 3.57 Å². The Labute approximate surface area is 126 Å². The molecule has 4 heteroatoms. The van der Waals surface area contributed by atoms with Crippen LogP contribution in [0.1, 0.15) is 11.1 Å². The fraction of sp³-hybridized carbons (Fsp3) is 0.133. The number of anilines is 1. The molecule has 19 heavy (non-hydrogen) atoms. The van der Waals surface area contributed by atoms with Crippen LogP contribution in [0.15, 0.2) is 48.5 Å². The van der Waals surface area contributed by atoms with Crippen LogP contribution in [0.2, 0.25) is 0 Å². The Balaban J connectivity index is 2.03. The number of nitrogens with two attached hydrogens (primary N) is 1. The van der Waals surface area contributed by atoms with Crippen molar-refractivity contribution in [2.75, 3.05) is 5.32 Å². The molecule has 3 nitrogen and oxygen atoms in total. The molecule has 0 aliphatic carbocycles. The minimum Gasteiger partial charge on any atom is -0.326 e. The van der Waals surface area contributed by atoms with Crippen LogP contribution in [0.5, 0.6) is 0 Å². The molecule has 0 bridgehead atoms. The largest absolute Gasteiger partial charge is 0.326 e. The Morgan fingerprint density at radius 1 is 1.05 bits per heavy atom. The number of carbonyl (C=O) groups is 1. The normalized spacial score (nSPS) is 10.2. The van der Waals surface area contributed by atoms with Crippen molar-refractivity contribution >= 4 is 34.2 Å². The fourth-order valence-electron chi connectivity index (χ4n) is 1.84. The Morgan fingerprint density at radius 2 is 1.68 bits per heavy atom. The van der Waals surface area contributed by atoms with Gasteiger partial charge in [0.25, 0.3) is 0 Å². The zero-order valence-corrected chi connectivity index (χ0v) is 12.6. The van der Waals surface area contributed by atoms with Crippen molar-refractivity contribution in [2.24, 2.45) is 5.73 Å². The van der Waals surface area contributed by atoms with E-state index in [0.29, 0.717) is 13.0 Å². The second kappa shape index (κ2) is 6.68. The van der Waals surface area contributed by atoms with Gasteiger partial charge in [0.05, 0.1) is 6.42 Å². The van der Waals surface area contributed by atoms with Gasteiger partial charge in [-0.1, -0.05) is 24.3 Å². The lowest BCUT2D eigenvalue weighted by Gasteiger charge is -2.08. The van der Waals surface area contributed by atoms with E-state index < -0.39 is 0 Å². The van der Waals surface area contributed by atoms with E-state index >= 15 is 0 Å². The number of carbonyl (C=O) groups excluding carboxylic acids is 1. The molecule has 0 fully saturated rings. The molecular weight excluding hydrogens is 351 g/mol. The Morgan fingerprint density at radius 3 is 2.32 bits per heavy atom. The average molecular weight is 366 g/mol. The quantitative estimate of drug-likeness (QED) is 0.818. The smallest absolute Gasteiger partial charge is 0.228 e. The number of benzene rings is 2. The predicted octanol–water partition coefficient (Wildman–Crippen LogP) is 2.93. The summed E-state index contributed by atoms with van der Waals surface area (Å²) in [4.78, 5) is 12.0. The van der Waals surface area contributed by atoms with Gasteiger partial charge in [0.2, 0.25) is 5.91 Å². The van der Waals surface area contributed by atoms with Crippen molar-refractivity contribution in [3.8, 4) is 0 Å². The zero-order valence-electron chi connectivity index (χ0n) is 10.4. The highest BCUT2D eigenvalue weighted by Crippen LogP contribution is 2.13. The molecule has 98 valence electrons. The third-order valence-electron chi connectivity index (χ3n) is 2.82. The molecule has 0 aromatic heterocycles. The van der Waals surface area contributed by atoms with E-state index in [2.05, 4.69) is 27.9 Å². The third kappa shape index (κ3) is 4.04. The molecule has 0 aliphatic heterocycles. The predicted molar refractivity (Wildman–Crippen MR) is 85.8 cm³/mol. The minimum atomic E-state index is -0.0258. The number of hydrogen-bond acceptors (Lipinski definition) is 2. The SMILES string of the molecule is NCc1ccccc1CC(=O)Nc1ccc(I)cc1. The van der Waals surface area contributed by atoms with Crippen LogP contribution < -0.4 is 11.1 Å². The van der Waals surface area contributed by atoms with Gasteiger partial charge in [0, 0.05) is 15.8 Å². The summed E-state index contributed by atoms with van der Waals surface area (Å²) < 4.78 is 1.14. The Bertz CT molecular complexity index is 567. The van der Waals surface area contributed by atoms with Gasteiger partial charge in [-0.15, -0.1) is 0 Å². The van der Waals surface area contributed by atoms with Gasteiger partial charge in [-0.05, 0) is 58.0 Å². The van der Waals surface area contributed by atoms with Crippen LogP contribution in [0.4, 0.5) is 5.69 Å². The van der Waals surface area contributed by atoms with Gasteiger partial charge in [0.1, 0.15) is 0 Å². The van der Waals surface area contributed by atoms with Crippen LogP contribution in [-0.4, -0.2) is 5.91 Å². The van der Waals surface area contributed by atoms with E-state index in [0.717, 1.165) is 20.4 Å². The summed E-state index contributed by atoms with van der Waals surface area (Å²) in [6.07, 6.45) is 0.347. The van der Waals surface area contributed by atoms with Gasteiger partial charge >= 0.3 is 0 Å². The maximum atomic E-state index is 12.0. The molecule has 0 heterocycles. The molecule has 0 spiro atoms. The third-order valence-corrected chi connectivity index (χ3v) is 3.54. The van der Waals surface area contributed by atoms with Gasteiger partial charge in [0.15, 0.2) is 0 Å². The van der Waals surface area contributed by atoms with E-state index in [-0.39, 0.29) is 5.91 Å². The van der Waals surface area contributed by atoms with E-state index in [1.54, 1.807) is 0 Å². The number of halogens is 1. The zero-order chi connectivity index (χ0) is 13.7. The van der Waals surface area contributed by atoms with Crippen LogP contribution in [-0.2, 0) is 17.8 Å². The molecule has 0 atom stereocenters. The van der Waals surface area contributed by atoms with Crippen molar-refractivity contribution < 1.29 is 4.79 Å². The van der Waals surface area contributed by atoms with Crippen molar-refractivity contribution in [1.29, 1.82) is 0 Å². The van der Waals surface area contributed by atoms with E-state index in [9.17, 15) is 4.79 Å². The number of rotatable bonds is 4. The summed E-state index contributed by atoms with van der Waals surface area (Å²) in [6.45, 7) is 0.451. The topological polar surface area (TPSA) is 55.1 Å². The second-order valence-electron chi connectivity index (χ2n) is 4.20. The second-order valence-corrected chi connectivity index (χ2v) is 5.45. The van der Waals surface area contributed by atoms with Gasteiger partial charge in [-0.2, -0.15) is 0 Å². The summed E-state index contributed by atoms with van der Waals surface area (Å²) in [5, 5.41) is 2.89. The number of hydrogen-bond donors (Lipinski definition) is 2. The van der Waals surface area contributed by atoms with Crippen molar-refractivity contribution in [3.63, 3.8) is 0 Å². The van der Waals surface area contributed by atoms with Crippen molar-refractivity contribution in [3.05, 3.63) is 63.2 Å². The molecule has 0 unspecified atom stereocenters. The maximum Gasteiger partial charge on any atom is 0.228 e. The highest BCUT2D eigenvalue weighted by Gasteiger charge is 2.07. The monoisotopic (exact) mass is 366 g/mol. The number of amides is 1. The van der Waals surface area contributed by atoms with E-state index in [1.807, 2.05) is 48.5 Å². The Kier molecular flexibility index (Phi) is 4.93. The first-order valence-corrected chi connectivity index (χ1v) is 7.09. The first-order valence-electron chi connectivity index (χ1n) is 6.01. The molecule has 3 N–H and O–H groups in total. The highest BCUT2D eigenvalue weighted by atomic mass is 127. The summed E-state index contributed by atoms with van der Waals surface area (Å²) >= 11 is 2.23. The first kappa shape index (κ1) is 14.0. The lowest BCUT2D eigenvalue weighted by atomic mass is 10.0. The average Bonchev–Trinajstić information content (AvgIpc) is 2.42. The molecule has 2 aromatic rings. The highest BCUT2D eigenvalue weighted by molar-refractivity contribution is 14.1. The lowest BCUT2D eigenvalue weighted by molar-refractivity contribution is -0.115. The van der Waals surface area contributed by atoms with Gasteiger partial charge in [-0.3, -0.25) is 4.79 Å². The fourth-order valence-corrected chi connectivity index (χ4v) is 2.20. The minimum absolute atomic E-state index is 0.0258. The summed E-state index contributed by atoms with van der Waals surface area (Å²) in [5.41, 5.74) is 8.47. The summed E-state index contributed by atoms with van der Waals surface area (Å²) in [7, 11) is 0. The maximum absolute atomic E-state index is 12.0. The van der Waals surface area contributed by atoms with Crippen LogP contribution in [0.3, 0.4) is 0 Å². The number of nitrogens with one attached hydrogen (secondary N) is 1.